The maximum absolute atomic E-state index is 13.2. The van der Waals surface area contributed by atoms with Crippen LogP contribution in [0.5, 0.6) is 0 Å². The second kappa shape index (κ2) is 8.63. The minimum Gasteiger partial charge on any atom is -0.335 e. The molecule has 2 heterocycles. The number of hydrogen-bond acceptors (Lipinski definition) is 4. The minimum atomic E-state index is -0.172. The average Bonchev–Trinajstić information content (AvgIpc) is 3.33. The molecule has 0 radical (unpaired) electrons. The Kier molecular flexibility index (Phi) is 5.77. The van der Waals surface area contributed by atoms with Crippen LogP contribution in [0.4, 0.5) is 0 Å². The third-order valence-electron chi connectivity index (χ3n) is 5.30. The van der Waals surface area contributed by atoms with Crippen LogP contribution < -0.4 is 0 Å². The summed E-state index contributed by atoms with van der Waals surface area (Å²) in [6.45, 7) is 3.83. The van der Waals surface area contributed by atoms with Gasteiger partial charge in [0.1, 0.15) is 0 Å². The molecule has 4 rings (SSSR count). The number of amides is 2. The molecule has 152 valence electrons. The molecule has 1 aliphatic heterocycles. The maximum Gasteiger partial charge on any atom is 0.264 e. The lowest BCUT2D eigenvalue weighted by Gasteiger charge is -2.34. The summed E-state index contributed by atoms with van der Waals surface area (Å²) in [5, 5.41) is 1.88. The third kappa shape index (κ3) is 4.04. The molecule has 1 fully saturated rings. The molecule has 0 bridgehead atoms. The molecule has 1 saturated heterocycles. The van der Waals surface area contributed by atoms with Gasteiger partial charge in [0.15, 0.2) is 5.78 Å². The number of thiophene rings is 1. The highest BCUT2D eigenvalue weighted by atomic mass is 32.1. The fourth-order valence-corrected chi connectivity index (χ4v) is 4.26. The van der Waals surface area contributed by atoms with Gasteiger partial charge in [-0.15, -0.1) is 11.3 Å². The smallest absolute Gasteiger partial charge is 0.264 e. The molecule has 0 unspecified atom stereocenters. The lowest BCUT2D eigenvalue weighted by Crippen LogP contribution is -2.50. The topological polar surface area (TPSA) is 57.7 Å². The van der Waals surface area contributed by atoms with E-state index < -0.39 is 0 Å². The van der Waals surface area contributed by atoms with Crippen LogP contribution in [-0.4, -0.2) is 53.6 Å². The van der Waals surface area contributed by atoms with Crippen molar-refractivity contribution in [2.24, 2.45) is 0 Å². The Hall–Kier alpha value is -3.25. The van der Waals surface area contributed by atoms with Crippen molar-refractivity contribution >= 4 is 28.9 Å². The van der Waals surface area contributed by atoms with Gasteiger partial charge < -0.3 is 9.80 Å². The van der Waals surface area contributed by atoms with Crippen molar-refractivity contribution in [1.29, 1.82) is 0 Å². The van der Waals surface area contributed by atoms with Gasteiger partial charge in [0.05, 0.1) is 10.4 Å². The Balaban J connectivity index is 1.49. The van der Waals surface area contributed by atoms with Crippen LogP contribution in [0.3, 0.4) is 0 Å². The lowest BCUT2D eigenvalue weighted by molar-refractivity contribution is 0.0537. The van der Waals surface area contributed by atoms with Crippen LogP contribution in [-0.2, 0) is 0 Å². The molecule has 1 aliphatic rings. The number of benzene rings is 2. The van der Waals surface area contributed by atoms with Gasteiger partial charge >= 0.3 is 0 Å². The van der Waals surface area contributed by atoms with Crippen LogP contribution in [0.25, 0.3) is 0 Å². The molecule has 0 saturated carbocycles. The summed E-state index contributed by atoms with van der Waals surface area (Å²) >= 11 is 1.42. The van der Waals surface area contributed by atoms with E-state index in [1.54, 1.807) is 46.2 Å². The number of ketones is 1. The van der Waals surface area contributed by atoms with Gasteiger partial charge in [-0.05, 0) is 24.4 Å². The first-order chi connectivity index (χ1) is 14.5. The quantitative estimate of drug-likeness (QED) is 0.604. The van der Waals surface area contributed by atoms with Crippen molar-refractivity contribution in [2.75, 3.05) is 26.2 Å². The van der Waals surface area contributed by atoms with Crippen molar-refractivity contribution in [3.63, 3.8) is 0 Å². The van der Waals surface area contributed by atoms with E-state index in [1.807, 2.05) is 36.6 Å². The first kappa shape index (κ1) is 20.0. The molecule has 2 aromatic carbocycles. The zero-order valence-electron chi connectivity index (χ0n) is 16.7. The number of piperazine rings is 1. The number of carbonyl (C=O) groups is 3. The first-order valence-corrected chi connectivity index (χ1v) is 10.7. The molecule has 0 aliphatic carbocycles. The van der Waals surface area contributed by atoms with E-state index in [2.05, 4.69) is 0 Å². The van der Waals surface area contributed by atoms with E-state index in [0.717, 1.165) is 5.56 Å². The maximum atomic E-state index is 13.2. The van der Waals surface area contributed by atoms with Crippen molar-refractivity contribution in [2.45, 2.75) is 6.92 Å². The number of nitrogens with zero attached hydrogens (tertiary/aromatic N) is 2. The number of rotatable bonds is 4. The van der Waals surface area contributed by atoms with E-state index >= 15 is 0 Å². The Bertz CT molecular complexity index is 1070. The Morgan fingerprint density at radius 2 is 1.33 bits per heavy atom. The summed E-state index contributed by atoms with van der Waals surface area (Å²) in [5.74, 6) is -0.327. The monoisotopic (exact) mass is 418 g/mol. The minimum absolute atomic E-state index is 0.00653. The fourth-order valence-electron chi connectivity index (χ4n) is 3.57. The van der Waals surface area contributed by atoms with Crippen LogP contribution in [0, 0.1) is 6.92 Å². The average molecular weight is 419 g/mol. The van der Waals surface area contributed by atoms with E-state index in [-0.39, 0.29) is 17.6 Å². The Morgan fingerprint density at radius 3 is 1.93 bits per heavy atom. The van der Waals surface area contributed by atoms with Gasteiger partial charge in [-0.2, -0.15) is 0 Å². The highest BCUT2D eigenvalue weighted by Crippen LogP contribution is 2.19. The van der Waals surface area contributed by atoms with E-state index in [0.29, 0.717) is 47.7 Å². The number of carbonyl (C=O) groups excluding carboxylic acids is 3. The second-order valence-electron chi connectivity index (χ2n) is 7.30. The summed E-state index contributed by atoms with van der Waals surface area (Å²) < 4.78 is 0. The third-order valence-corrected chi connectivity index (χ3v) is 6.16. The van der Waals surface area contributed by atoms with Gasteiger partial charge in [0.2, 0.25) is 0 Å². The molecule has 3 aromatic rings. The molecule has 2 amide bonds. The largest absolute Gasteiger partial charge is 0.335 e. The normalized spacial score (nSPS) is 13.9. The summed E-state index contributed by atoms with van der Waals surface area (Å²) in [5.41, 5.74) is 2.45. The summed E-state index contributed by atoms with van der Waals surface area (Å²) in [4.78, 5) is 42.9. The Morgan fingerprint density at radius 1 is 0.733 bits per heavy atom. The van der Waals surface area contributed by atoms with Crippen molar-refractivity contribution in [3.8, 4) is 0 Å². The van der Waals surface area contributed by atoms with Crippen molar-refractivity contribution < 1.29 is 14.4 Å². The van der Waals surface area contributed by atoms with E-state index in [1.165, 1.54) is 11.3 Å². The number of aryl methyl sites for hydroxylation is 1. The molecule has 0 N–H and O–H groups in total. The van der Waals surface area contributed by atoms with Crippen LogP contribution in [0.1, 0.15) is 41.5 Å². The fraction of sp³-hybridized carbons (Fsp3) is 0.208. The zero-order chi connectivity index (χ0) is 21.1. The van der Waals surface area contributed by atoms with Gasteiger partial charge in [-0.1, -0.05) is 54.1 Å². The number of hydrogen-bond donors (Lipinski definition) is 0. The van der Waals surface area contributed by atoms with Crippen LogP contribution in [0.15, 0.2) is 66.0 Å². The van der Waals surface area contributed by atoms with Crippen LogP contribution >= 0.6 is 11.3 Å². The molecular formula is C24H22N2O3S. The summed E-state index contributed by atoms with van der Waals surface area (Å²) in [7, 11) is 0. The molecule has 0 atom stereocenters. The van der Waals surface area contributed by atoms with Crippen LogP contribution in [0.2, 0.25) is 0 Å². The molecule has 1 aromatic heterocycles. The molecule has 6 heteroatoms. The van der Waals surface area contributed by atoms with E-state index in [4.69, 9.17) is 0 Å². The predicted octanol–water partition coefficient (Wildman–Crippen LogP) is 3.89. The van der Waals surface area contributed by atoms with Crippen molar-refractivity contribution in [1.82, 2.24) is 9.80 Å². The predicted molar refractivity (Wildman–Crippen MR) is 117 cm³/mol. The molecule has 30 heavy (non-hydrogen) atoms. The molecular weight excluding hydrogens is 396 g/mol. The van der Waals surface area contributed by atoms with Gasteiger partial charge in [-0.25, -0.2) is 0 Å². The first-order valence-electron chi connectivity index (χ1n) is 9.87. The van der Waals surface area contributed by atoms with Gasteiger partial charge in [0.25, 0.3) is 11.8 Å². The summed E-state index contributed by atoms with van der Waals surface area (Å²) in [6, 6.07) is 18.0. The van der Waals surface area contributed by atoms with Gasteiger partial charge in [0, 0.05) is 37.3 Å². The molecule has 5 nitrogen and oxygen atoms in total. The zero-order valence-corrected chi connectivity index (χ0v) is 17.5. The van der Waals surface area contributed by atoms with E-state index in [9.17, 15) is 14.4 Å². The van der Waals surface area contributed by atoms with Crippen molar-refractivity contribution in [3.05, 3.63) is 93.2 Å². The lowest BCUT2D eigenvalue weighted by atomic mass is 9.97. The SMILES string of the molecule is Cc1ccc(C(=O)c2ccccc2C(=O)N2CCN(C(=O)c3cccs3)CC2)cc1. The standard InChI is InChI=1S/C24H22N2O3S/c1-17-8-10-18(11-9-17)22(27)19-5-2-3-6-20(19)23(28)25-12-14-26(15-13-25)24(29)21-7-4-16-30-21/h2-11,16H,12-15H2,1H3. The van der Waals surface area contributed by atoms with Gasteiger partial charge in [-0.3, -0.25) is 14.4 Å². The summed E-state index contributed by atoms with van der Waals surface area (Å²) in [6.07, 6.45) is 0. The Labute approximate surface area is 179 Å². The molecule has 0 spiro atoms. The second-order valence-corrected chi connectivity index (χ2v) is 8.25. The highest BCUT2D eigenvalue weighted by Gasteiger charge is 2.28. The highest BCUT2D eigenvalue weighted by molar-refractivity contribution is 7.12.